The summed E-state index contributed by atoms with van der Waals surface area (Å²) in [5.41, 5.74) is 1.29. The van der Waals surface area contributed by atoms with E-state index in [-0.39, 0.29) is 18.8 Å². The minimum Gasteiger partial charge on any atom is -0.395 e. The first-order valence-electron chi connectivity index (χ1n) is 6.81. The van der Waals surface area contributed by atoms with E-state index in [2.05, 4.69) is 17.4 Å². The molecule has 2 unspecified atom stereocenters. The fourth-order valence-electron chi connectivity index (χ4n) is 2.27. The summed E-state index contributed by atoms with van der Waals surface area (Å²) < 4.78 is 11.3. The van der Waals surface area contributed by atoms with E-state index in [0.29, 0.717) is 6.61 Å². The molecule has 106 valence electrons. The topological polar surface area (TPSA) is 50.7 Å². The number of aliphatic hydroxyl groups excluding tert-OH is 1. The molecule has 19 heavy (non-hydrogen) atoms. The summed E-state index contributed by atoms with van der Waals surface area (Å²) in [6.45, 7) is 5.18. The number of ether oxygens (including phenoxy) is 2. The highest BCUT2D eigenvalue weighted by Crippen LogP contribution is 2.24. The summed E-state index contributed by atoms with van der Waals surface area (Å²) in [6.07, 6.45) is 0.852. The molecule has 1 fully saturated rings. The van der Waals surface area contributed by atoms with Gasteiger partial charge in [-0.05, 0) is 32.4 Å². The molecule has 0 amide bonds. The van der Waals surface area contributed by atoms with Crippen molar-refractivity contribution in [1.29, 1.82) is 0 Å². The van der Waals surface area contributed by atoms with E-state index in [0.717, 1.165) is 13.0 Å². The molecule has 0 radical (unpaired) electrons. The lowest BCUT2D eigenvalue weighted by Gasteiger charge is -2.23. The van der Waals surface area contributed by atoms with Gasteiger partial charge in [-0.3, -0.25) is 0 Å². The normalized spacial score (nSPS) is 23.4. The number of aliphatic hydroxyl groups is 1. The monoisotopic (exact) mass is 265 g/mol. The van der Waals surface area contributed by atoms with Gasteiger partial charge in [0.2, 0.25) is 0 Å². The largest absolute Gasteiger partial charge is 0.395 e. The third-order valence-electron chi connectivity index (χ3n) is 3.34. The van der Waals surface area contributed by atoms with Crippen molar-refractivity contribution in [1.82, 2.24) is 5.32 Å². The van der Waals surface area contributed by atoms with Gasteiger partial charge in [-0.15, -0.1) is 0 Å². The van der Waals surface area contributed by atoms with Crippen LogP contribution in [0, 0.1) is 0 Å². The molecule has 0 spiro atoms. The Morgan fingerprint density at radius 1 is 1.37 bits per heavy atom. The molecule has 4 nitrogen and oxygen atoms in total. The second kappa shape index (κ2) is 6.48. The van der Waals surface area contributed by atoms with E-state index in [1.165, 1.54) is 5.56 Å². The first kappa shape index (κ1) is 14.5. The zero-order valence-electron chi connectivity index (χ0n) is 11.6. The smallest absolute Gasteiger partial charge is 0.163 e. The summed E-state index contributed by atoms with van der Waals surface area (Å²) in [7, 11) is 0. The Bertz CT molecular complexity index is 380. The predicted molar refractivity (Wildman–Crippen MR) is 73.9 cm³/mol. The van der Waals surface area contributed by atoms with Crippen LogP contribution < -0.4 is 5.32 Å². The Balaban J connectivity index is 1.77. The Morgan fingerprint density at radius 2 is 2.11 bits per heavy atom. The maximum Gasteiger partial charge on any atom is 0.163 e. The highest BCUT2D eigenvalue weighted by atomic mass is 16.7. The van der Waals surface area contributed by atoms with Crippen LogP contribution in [0.25, 0.3) is 0 Å². The SMILES string of the molecule is CC1(C)OCC(C(CO)NCCc2ccccc2)O1. The van der Waals surface area contributed by atoms with E-state index in [9.17, 15) is 5.11 Å². The van der Waals surface area contributed by atoms with Gasteiger partial charge >= 0.3 is 0 Å². The Kier molecular flexibility index (Phi) is 4.93. The van der Waals surface area contributed by atoms with Crippen molar-refractivity contribution >= 4 is 0 Å². The van der Waals surface area contributed by atoms with Gasteiger partial charge in [0.05, 0.1) is 19.3 Å². The van der Waals surface area contributed by atoms with E-state index >= 15 is 0 Å². The van der Waals surface area contributed by atoms with Gasteiger partial charge < -0.3 is 19.9 Å². The lowest BCUT2D eigenvalue weighted by molar-refractivity contribution is -0.142. The van der Waals surface area contributed by atoms with E-state index in [4.69, 9.17) is 9.47 Å². The summed E-state index contributed by atoms with van der Waals surface area (Å²) in [5, 5.41) is 12.8. The molecule has 1 aliphatic rings. The fourth-order valence-corrected chi connectivity index (χ4v) is 2.27. The highest BCUT2D eigenvalue weighted by Gasteiger charge is 2.36. The number of hydrogen-bond donors (Lipinski definition) is 2. The van der Waals surface area contributed by atoms with Gasteiger partial charge in [0, 0.05) is 0 Å². The van der Waals surface area contributed by atoms with Gasteiger partial charge in [0.25, 0.3) is 0 Å². The van der Waals surface area contributed by atoms with Crippen molar-refractivity contribution < 1.29 is 14.6 Å². The average molecular weight is 265 g/mol. The maximum atomic E-state index is 9.46. The number of nitrogens with one attached hydrogen (secondary N) is 1. The second-order valence-corrected chi connectivity index (χ2v) is 5.35. The maximum absolute atomic E-state index is 9.46. The minimum atomic E-state index is -0.542. The molecule has 2 atom stereocenters. The minimum absolute atomic E-state index is 0.0545. The molecular formula is C15H23NO3. The van der Waals surface area contributed by atoms with Crippen LogP contribution in [0.2, 0.25) is 0 Å². The molecule has 2 N–H and O–H groups in total. The molecule has 0 saturated carbocycles. The second-order valence-electron chi connectivity index (χ2n) is 5.35. The molecular weight excluding hydrogens is 242 g/mol. The quantitative estimate of drug-likeness (QED) is 0.815. The van der Waals surface area contributed by atoms with Crippen molar-refractivity contribution in [2.45, 2.75) is 38.2 Å². The zero-order chi connectivity index (χ0) is 13.7. The van der Waals surface area contributed by atoms with E-state index < -0.39 is 5.79 Å². The molecule has 1 heterocycles. The number of rotatable bonds is 6. The third kappa shape index (κ3) is 4.28. The van der Waals surface area contributed by atoms with Gasteiger partial charge in [-0.2, -0.15) is 0 Å². The predicted octanol–water partition coefficient (Wildman–Crippen LogP) is 1.33. The van der Waals surface area contributed by atoms with Crippen LogP contribution in [0.5, 0.6) is 0 Å². The van der Waals surface area contributed by atoms with Crippen molar-refractivity contribution in [3.8, 4) is 0 Å². The van der Waals surface area contributed by atoms with Crippen LogP contribution in [0.4, 0.5) is 0 Å². The number of hydrogen-bond acceptors (Lipinski definition) is 4. The molecule has 1 saturated heterocycles. The average Bonchev–Trinajstić information content (AvgIpc) is 2.76. The van der Waals surface area contributed by atoms with Crippen LogP contribution in [-0.2, 0) is 15.9 Å². The van der Waals surface area contributed by atoms with Crippen LogP contribution in [0.15, 0.2) is 30.3 Å². The van der Waals surface area contributed by atoms with Crippen molar-refractivity contribution in [2.24, 2.45) is 0 Å². The molecule has 1 aromatic rings. The molecule has 1 aromatic carbocycles. The van der Waals surface area contributed by atoms with Gasteiger partial charge in [-0.1, -0.05) is 30.3 Å². The van der Waals surface area contributed by atoms with E-state index in [1.807, 2.05) is 32.0 Å². The van der Waals surface area contributed by atoms with Gasteiger partial charge in [0.15, 0.2) is 5.79 Å². The highest BCUT2D eigenvalue weighted by molar-refractivity contribution is 5.14. The van der Waals surface area contributed by atoms with Crippen molar-refractivity contribution in [3.05, 3.63) is 35.9 Å². The number of benzene rings is 1. The van der Waals surface area contributed by atoms with Crippen LogP contribution in [0.1, 0.15) is 19.4 Å². The molecule has 0 aliphatic carbocycles. The molecule has 4 heteroatoms. The first-order chi connectivity index (χ1) is 9.11. The van der Waals surface area contributed by atoms with Gasteiger partial charge in [0.1, 0.15) is 6.10 Å². The van der Waals surface area contributed by atoms with Crippen LogP contribution in [0.3, 0.4) is 0 Å². The molecule has 2 rings (SSSR count). The molecule has 0 aromatic heterocycles. The van der Waals surface area contributed by atoms with Crippen LogP contribution in [-0.4, -0.2) is 42.8 Å². The van der Waals surface area contributed by atoms with Gasteiger partial charge in [-0.25, -0.2) is 0 Å². The Labute approximate surface area is 114 Å². The summed E-state index contributed by atoms with van der Waals surface area (Å²) in [5.74, 6) is -0.542. The summed E-state index contributed by atoms with van der Waals surface area (Å²) in [6, 6.07) is 10.2. The Morgan fingerprint density at radius 3 is 2.68 bits per heavy atom. The fraction of sp³-hybridized carbons (Fsp3) is 0.600. The third-order valence-corrected chi connectivity index (χ3v) is 3.34. The van der Waals surface area contributed by atoms with Crippen molar-refractivity contribution in [2.75, 3.05) is 19.8 Å². The summed E-state index contributed by atoms with van der Waals surface area (Å²) in [4.78, 5) is 0. The lowest BCUT2D eigenvalue weighted by Crippen LogP contribution is -2.45. The summed E-state index contributed by atoms with van der Waals surface area (Å²) >= 11 is 0. The molecule has 1 aliphatic heterocycles. The van der Waals surface area contributed by atoms with Crippen molar-refractivity contribution in [3.63, 3.8) is 0 Å². The van der Waals surface area contributed by atoms with E-state index in [1.54, 1.807) is 0 Å². The zero-order valence-corrected chi connectivity index (χ0v) is 11.6. The standard InChI is InChI=1S/C15H23NO3/c1-15(2)18-11-14(19-15)13(10-17)16-9-8-12-6-4-3-5-7-12/h3-7,13-14,16-17H,8-11H2,1-2H3. The Hall–Kier alpha value is -0.940. The lowest BCUT2D eigenvalue weighted by atomic mass is 10.1. The van der Waals surface area contributed by atoms with Crippen LogP contribution >= 0.6 is 0 Å². The molecule has 0 bridgehead atoms. The first-order valence-corrected chi connectivity index (χ1v) is 6.81.